The van der Waals surface area contributed by atoms with Gasteiger partial charge in [0.25, 0.3) is 0 Å². The zero-order valence-corrected chi connectivity index (χ0v) is 20.0. The van der Waals surface area contributed by atoms with Crippen LogP contribution in [-0.4, -0.2) is 41.7 Å². The second kappa shape index (κ2) is 11.0. The lowest BCUT2D eigenvalue weighted by molar-refractivity contribution is 0.0527. The van der Waals surface area contributed by atoms with Gasteiger partial charge in [0.2, 0.25) is 0 Å². The number of anilines is 1. The molecule has 1 aliphatic heterocycles. The van der Waals surface area contributed by atoms with Gasteiger partial charge >= 0.3 is 5.97 Å². The SMILES string of the molecule is CCOC(=O)c1cnc2ccc(Cl)nc2c1N[C@H](C)CCOc1ccc(F)cc1[C@H]1CCCN1. The lowest BCUT2D eigenvalue weighted by Crippen LogP contribution is -2.22. The first-order valence-electron chi connectivity index (χ1n) is 11.5. The maximum atomic E-state index is 13.9. The van der Waals surface area contributed by atoms with Crippen molar-refractivity contribution in [3.8, 4) is 5.75 Å². The third kappa shape index (κ3) is 5.56. The van der Waals surface area contributed by atoms with Crippen LogP contribution in [0.5, 0.6) is 5.75 Å². The number of fused-ring (bicyclic) bond motifs is 1. The fraction of sp³-hybridized carbons (Fsp3) is 0.400. The lowest BCUT2D eigenvalue weighted by atomic mass is 10.0. The molecule has 0 radical (unpaired) electrons. The van der Waals surface area contributed by atoms with Crippen molar-refractivity contribution in [3.63, 3.8) is 0 Å². The zero-order valence-electron chi connectivity index (χ0n) is 19.2. The summed E-state index contributed by atoms with van der Waals surface area (Å²) in [6.07, 6.45) is 4.13. The number of rotatable bonds is 9. The Labute approximate surface area is 203 Å². The largest absolute Gasteiger partial charge is 0.493 e. The quantitative estimate of drug-likeness (QED) is 0.314. The van der Waals surface area contributed by atoms with E-state index in [1.165, 1.54) is 12.3 Å². The average molecular weight is 487 g/mol. The summed E-state index contributed by atoms with van der Waals surface area (Å²) in [5, 5.41) is 7.07. The number of carbonyl (C=O) groups excluding carboxylic acids is 1. The van der Waals surface area contributed by atoms with E-state index in [0.29, 0.717) is 46.2 Å². The maximum Gasteiger partial charge on any atom is 0.341 e. The van der Waals surface area contributed by atoms with Crippen molar-refractivity contribution in [2.24, 2.45) is 0 Å². The summed E-state index contributed by atoms with van der Waals surface area (Å²) in [6, 6.07) is 8.08. The second-order valence-electron chi connectivity index (χ2n) is 8.28. The number of hydrogen-bond donors (Lipinski definition) is 2. The second-order valence-corrected chi connectivity index (χ2v) is 8.67. The standard InChI is InChI=1S/C25H28ClFN4O3/c1-3-33-25(32)18-14-29-20-7-9-22(26)31-24(20)23(18)30-15(2)10-12-34-21-8-6-16(27)13-17(21)19-5-4-11-28-19/h6-9,13-15,19,28H,3-5,10-12H2,1-2H3,(H,29,30)/t15-,19-/m1/s1. The Balaban J connectivity index is 1.49. The van der Waals surface area contributed by atoms with E-state index in [9.17, 15) is 9.18 Å². The summed E-state index contributed by atoms with van der Waals surface area (Å²) in [5.41, 5.74) is 2.78. The van der Waals surface area contributed by atoms with Gasteiger partial charge in [-0.2, -0.15) is 0 Å². The highest BCUT2D eigenvalue weighted by molar-refractivity contribution is 6.29. The highest BCUT2D eigenvalue weighted by Gasteiger charge is 2.22. The Hall–Kier alpha value is -2.97. The van der Waals surface area contributed by atoms with E-state index >= 15 is 0 Å². The molecule has 2 atom stereocenters. The number of nitrogens with one attached hydrogen (secondary N) is 2. The zero-order chi connectivity index (χ0) is 24.1. The molecule has 3 aromatic rings. The molecule has 2 N–H and O–H groups in total. The van der Waals surface area contributed by atoms with E-state index in [1.807, 2.05) is 6.92 Å². The third-order valence-electron chi connectivity index (χ3n) is 5.78. The molecule has 0 bridgehead atoms. The molecule has 1 aliphatic rings. The number of pyridine rings is 2. The molecular weight excluding hydrogens is 459 g/mol. The molecule has 3 heterocycles. The minimum atomic E-state index is -0.482. The minimum absolute atomic E-state index is 0.0759. The Kier molecular flexibility index (Phi) is 7.80. The van der Waals surface area contributed by atoms with Gasteiger partial charge in [0.15, 0.2) is 0 Å². The first-order valence-corrected chi connectivity index (χ1v) is 11.9. The van der Waals surface area contributed by atoms with Crippen molar-refractivity contribution in [1.29, 1.82) is 0 Å². The van der Waals surface area contributed by atoms with Gasteiger partial charge in [-0.15, -0.1) is 0 Å². The van der Waals surface area contributed by atoms with Crippen LogP contribution in [0.15, 0.2) is 36.5 Å². The van der Waals surface area contributed by atoms with E-state index in [2.05, 4.69) is 20.6 Å². The molecule has 0 aliphatic carbocycles. The Bertz CT molecular complexity index is 1170. The molecule has 180 valence electrons. The number of esters is 1. The van der Waals surface area contributed by atoms with E-state index in [4.69, 9.17) is 21.1 Å². The number of benzene rings is 1. The van der Waals surface area contributed by atoms with Gasteiger partial charge in [-0.1, -0.05) is 11.6 Å². The molecule has 4 rings (SSSR count). The summed E-state index contributed by atoms with van der Waals surface area (Å²) < 4.78 is 25.1. The summed E-state index contributed by atoms with van der Waals surface area (Å²) in [6.45, 7) is 5.31. The van der Waals surface area contributed by atoms with Crippen LogP contribution in [0.1, 0.15) is 55.1 Å². The Morgan fingerprint density at radius 2 is 2.21 bits per heavy atom. The third-order valence-corrected chi connectivity index (χ3v) is 5.99. The van der Waals surface area contributed by atoms with Crippen LogP contribution in [0.4, 0.5) is 10.1 Å². The molecule has 0 spiro atoms. The van der Waals surface area contributed by atoms with Crippen molar-refractivity contribution in [3.05, 3.63) is 58.6 Å². The first-order chi connectivity index (χ1) is 16.5. The van der Waals surface area contributed by atoms with Crippen molar-refractivity contribution in [2.75, 3.05) is 25.1 Å². The monoisotopic (exact) mass is 486 g/mol. The topological polar surface area (TPSA) is 85.4 Å². The minimum Gasteiger partial charge on any atom is -0.493 e. The summed E-state index contributed by atoms with van der Waals surface area (Å²) in [4.78, 5) is 21.3. The van der Waals surface area contributed by atoms with E-state index in [1.54, 1.807) is 31.2 Å². The van der Waals surface area contributed by atoms with Gasteiger partial charge in [-0.05, 0) is 63.6 Å². The first kappa shape index (κ1) is 24.2. The van der Waals surface area contributed by atoms with Crippen LogP contribution in [-0.2, 0) is 4.74 Å². The molecule has 0 unspecified atom stereocenters. The molecule has 2 aromatic heterocycles. The summed E-state index contributed by atoms with van der Waals surface area (Å²) >= 11 is 6.12. The van der Waals surface area contributed by atoms with Gasteiger partial charge in [0, 0.05) is 30.3 Å². The highest BCUT2D eigenvalue weighted by atomic mass is 35.5. The molecule has 0 saturated carbocycles. The lowest BCUT2D eigenvalue weighted by Gasteiger charge is -2.20. The summed E-state index contributed by atoms with van der Waals surface area (Å²) in [7, 11) is 0. The molecule has 0 amide bonds. The predicted octanol–water partition coefficient (Wildman–Crippen LogP) is 5.29. The fourth-order valence-corrected chi connectivity index (χ4v) is 4.24. The smallest absolute Gasteiger partial charge is 0.341 e. The summed E-state index contributed by atoms with van der Waals surface area (Å²) in [5.74, 6) is -0.0685. The van der Waals surface area contributed by atoms with Gasteiger partial charge in [-0.25, -0.2) is 14.2 Å². The van der Waals surface area contributed by atoms with E-state index < -0.39 is 5.97 Å². The van der Waals surface area contributed by atoms with E-state index in [-0.39, 0.29) is 24.5 Å². The van der Waals surface area contributed by atoms with Crippen LogP contribution in [0.25, 0.3) is 11.0 Å². The van der Waals surface area contributed by atoms with Crippen molar-refractivity contribution in [2.45, 2.75) is 45.2 Å². The van der Waals surface area contributed by atoms with Gasteiger partial charge in [-0.3, -0.25) is 4.98 Å². The van der Waals surface area contributed by atoms with Crippen LogP contribution in [0.2, 0.25) is 5.15 Å². The Morgan fingerprint density at radius 1 is 1.35 bits per heavy atom. The van der Waals surface area contributed by atoms with Gasteiger partial charge in [0.05, 0.1) is 24.4 Å². The number of halogens is 2. The number of nitrogens with zero attached hydrogens (tertiary/aromatic N) is 2. The molecule has 1 saturated heterocycles. The van der Waals surface area contributed by atoms with Gasteiger partial charge in [0.1, 0.15) is 27.8 Å². The Morgan fingerprint density at radius 3 is 2.97 bits per heavy atom. The van der Waals surface area contributed by atoms with Crippen molar-refractivity contribution < 1.29 is 18.7 Å². The number of aromatic nitrogens is 2. The van der Waals surface area contributed by atoms with Gasteiger partial charge < -0.3 is 20.1 Å². The number of ether oxygens (including phenoxy) is 2. The maximum absolute atomic E-state index is 13.9. The predicted molar refractivity (Wildman–Crippen MR) is 130 cm³/mol. The molecule has 34 heavy (non-hydrogen) atoms. The van der Waals surface area contributed by atoms with E-state index in [0.717, 1.165) is 24.9 Å². The molecule has 1 fully saturated rings. The molecule has 1 aromatic carbocycles. The van der Waals surface area contributed by atoms with Crippen LogP contribution in [0.3, 0.4) is 0 Å². The molecule has 7 nitrogen and oxygen atoms in total. The number of hydrogen-bond acceptors (Lipinski definition) is 7. The van der Waals surface area contributed by atoms with Crippen LogP contribution < -0.4 is 15.4 Å². The van der Waals surface area contributed by atoms with Crippen molar-refractivity contribution >= 4 is 34.3 Å². The normalized spacial score (nSPS) is 16.4. The van der Waals surface area contributed by atoms with Crippen LogP contribution in [0, 0.1) is 5.82 Å². The van der Waals surface area contributed by atoms with Crippen LogP contribution >= 0.6 is 11.6 Å². The highest BCUT2D eigenvalue weighted by Crippen LogP contribution is 2.32. The molecule has 9 heteroatoms. The molecular formula is C25H28ClFN4O3. The number of carbonyl (C=O) groups is 1. The average Bonchev–Trinajstić information content (AvgIpc) is 3.35. The fourth-order valence-electron chi connectivity index (χ4n) is 4.09. The van der Waals surface area contributed by atoms with Crippen molar-refractivity contribution in [1.82, 2.24) is 15.3 Å².